The third kappa shape index (κ3) is 6.04. The first-order valence-electron chi connectivity index (χ1n) is 5.61. The Balaban J connectivity index is 2.17. The Morgan fingerprint density at radius 2 is 1.94 bits per heavy atom. The molecule has 1 rings (SSSR count). The Hall–Kier alpha value is -1.39. The van der Waals surface area contributed by atoms with Crippen LogP contribution in [0.15, 0.2) is 24.3 Å². The van der Waals surface area contributed by atoms with Crippen molar-refractivity contribution >= 4 is 5.91 Å². The van der Waals surface area contributed by atoms with Gasteiger partial charge in [0.1, 0.15) is 6.61 Å². The van der Waals surface area contributed by atoms with Crippen molar-refractivity contribution in [2.75, 3.05) is 26.9 Å². The van der Waals surface area contributed by atoms with E-state index in [1.807, 2.05) is 31.2 Å². The molecular formula is C13H19NO3. The molecule has 0 aliphatic carbocycles. The first-order chi connectivity index (χ1) is 8.22. The summed E-state index contributed by atoms with van der Waals surface area (Å²) >= 11 is 0. The Bertz CT molecular complexity index is 335. The van der Waals surface area contributed by atoms with Crippen molar-refractivity contribution in [1.82, 2.24) is 5.32 Å². The minimum Gasteiger partial charge on any atom is -0.382 e. The van der Waals surface area contributed by atoms with E-state index < -0.39 is 0 Å². The lowest BCUT2D eigenvalue weighted by Crippen LogP contribution is -2.27. The van der Waals surface area contributed by atoms with Crippen LogP contribution in [-0.4, -0.2) is 32.8 Å². The van der Waals surface area contributed by atoms with Crippen molar-refractivity contribution in [2.45, 2.75) is 13.5 Å². The largest absolute Gasteiger partial charge is 0.382 e. The van der Waals surface area contributed by atoms with Crippen molar-refractivity contribution in [3.05, 3.63) is 35.4 Å². The van der Waals surface area contributed by atoms with Gasteiger partial charge in [0.05, 0.1) is 13.2 Å². The van der Waals surface area contributed by atoms with Gasteiger partial charge in [-0.1, -0.05) is 29.8 Å². The average Bonchev–Trinajstić information content (AvgIpc) is 2.34. The summed E-state index contributed by atoms with van der Waals surface area (Å²) in [7, 11) is 1.60. The molecule has 94 valence electrons. The standard InChI is InChI=1S/C13H19NO3/c1-11-3-5-12(6-4-11)9-14-13(15)10-17-8-7-16-2/h3-6H,7-10H2,1-2H3,(H,14,15). The molecule has 1 amide bonds. The molecule has 1 aromatic rings. The van der Waals surface area contributed by atoms with Gasteiger partial charge < -0.3 is 14.8 Å². The van der Waals surface area contributed by atoms with Crippen LogP contribution in [0.1, 0.15) is 11.1 Å². The molecule has 1 N–H and O–H groups in total. The van der Waals surface area contributed by atoms with E-state index in [9.17, 15) is 4.79 Å². The highest BCUT2D eigenvalue weighted by atomic mass is 16.5. The minimum absolute atomic E-state index is 0.0786. The Labute approximate surface area is 102 Å². The predicted molar refractivity (Wildman–Crippen MR) is 65.7 cm³/mol. The maximum absolute atomic E-state index is 11.4. The van der Waals surface area contributed by atoms with Gasteiger partial charge in [-0.2, -0.15) is 0 Å². The molecule has 0 fully saturated rings. The molecule has 0 radical (unpaired) electrons. The molecule has 0 saturated heterocycles. The Morgan fingerprint density at radius 1 is 1.24 bits per heavy atom. The van der Waals surface area contributed by atoms with Gasteiger partial charge in [-0.15, -0.1) is 0 Å². The number of carbonyl (C=O) groups is 1. The lowest BCUT2D eigenvalue weighted by molar-refractivity contribution is -0.126. The maximum atomic E-state index is 11.4. The van der Waals surface area contributed by atoms with Crippen LogP contribution in [0.25, 0.3) is 0 Å². The summed E-state index contributed by atoms with van der Waals surface area (Å²) in [5, 5.41) is 2.79. The van der Waals surface area contributed by atoms with E-state index in [4.69, 9.17) is 9.47 Å². The number of methoxy groups -OCH3 is 1. The van der Waals surface area contributed by atoms with Gasteiger partial charge in [-0.25, -0.2) is 0 Å². The number of benzene rings is 1. The number of aryl methyl sites for hydroxylation is 1. The van der Waals surface area contributed by atoms with Gasteiger partial charge in [-0.05, 0) is 12.5 Å². The lowest BCUT2D eigenvalue weighted by atomic mass is 10.1. The van der Waals surface area contributed by atoms with E-state index in [-0.39, 0.29) is 12.5 Å². The SMILES string of the molecule is COCCOCC(=O)NCc1ccc(C)cc1. The number of nitrogens with one attached hydrogen (secondary N) is 1. The lowest BCUT2D eigenvalue weighted by Gasteiger charge is -2.06. The van der Waals surface area contributed by atoms with Crippen LogP contribution < -0.4 is 5.32 Å². The minimum atomic E-state index is -0.110. The van der Waals surface area contributed by atoms with E-state index in [1.165, 1.54) is 5.56 Å². The van der Waals surface area contributed by atoms with Crippen LogP contribution in [0.5, 0.6) is 0 Å². The quantitative estimate of drug-likeness (QED) is 0.727. The molecule has 0 aromatic heterocycles. The topological polar surface area (TPSA) is 47.6 Å². The molecule has 0 aliphatic rings. The highest BCUT2D eigenvalue weighted by Crippen LogP contribution is 2.02. The van der Waals surface area contributed by atoms with Crippen molar-refractivity contribution in [3.8, 4) is 0 Å². The summed E-state index contributed by atoms with van der Waals surface area (Å²) in [5.74, 6) is -0.110. The molecule has 0 spiro atoms. The fourth-order valence-corrected chi connectivity index (χ4v) is 1.26. The molecule has 17 heavy (non-hydrogen) atoms. The second kappa shape index (κ2) is 7.81. The molecule has 4 nitrogen and oxygen atoms in total. The predicted octanol–water partition coefficient (Wildman–Crippen LogP) is 1.27. The van der Waals surface area contributed by atoms with Crippen LogP contribution in [-0.2, 0) is 20.8 Å². The van der Waals surface area contributed by atoms with Crippen LogP contribution in [0.3, 0.4) is 0 Å². The van der Waals surface area contributed by atoms with E-state index in [0.717, 1.165) is 5.56 Å². The summed E-state index contributed by atoms with van der Waals surface area (Å²) in [4.78, 5) is 11.4. The van der Waals surface area contributed by atoms with Crippen molar-refractivity contribution in [3.63, 3.8) is 0 Å². The van der Waals surface area contributed by atoms with Crippen molar-refractivity contribution in [2.24, 2.45) is 0 Å². The number of carbonyl (C=O) groups excluding carboxylic acids is 1. The Morgan fingerprint density at radius 3 is 2.59 bits per heavy atom. The summed E-state index contributed by atoms with van der Waals surface area (Å²) in [6, 6.07) is 8.05. The molecule has 0 bridgehead atoms. The summed E-state index contributed by atoms with van der Waals surface area (Å²) in [6.07, 6.45) is 0. The molecule has 4 heteroatoms. The van der Waals surface area contributed by atoms with Crippen LogP contribution in [0, 0.1) is 6.92 Å². The Kier molecular flexibility index (Phi) is 6.29. The van der Waals surface area contributed by atoms with Crippen LogP contribution in [0.2, 0.25) is 0 Å². The van der Waals surface area contributed by atoms with Crippen LogP contribution in [0.4, 0.5) is 0 Å². The number of ether oxygens (including phenoxy) is 2. The van der Waals surface area contributed by atoms with Gasteiger partial charge in [0.2, 0.25) is 5.91 Å². The number of hydrogen-bond donors (Lipinski definition) is 1. The monoisotopic (exact) mass is 237 g/mol. The molecule has 0 atom stereocenters. The second-order valence-electron chi connectivity index (χ2n) is 3.81. The number of amides is 1. The van der Waals surface area contributed by atoms with Crippen molar-refractivity contribution < 1.29 is 14.3 Å². The number of rotatable bonds is 7. The zero-order chi connectivity index (χ0) is 12.5. The zero-order valence-electron chi connectivity index (χ0n) is 10.4. The van der Waals surface area contributed by atoms with E-state index in [2.05, 4.69) is 5.32 Å². The normalized spacial score (nSPS) is 10.2. The van der Waals surface area contributed by atoms with Gasteiger partial charge in [0.15, 0.2) is 0 Å². The second-order valence-corrected chi connectivity index (χ2v) is 3.81. The molecule has 0 unspecified atom stereocenters. The third-order valence-corrected chi connectivity index (χ3v) is 2.28. The summed E-state index contributed by atoms with van der Waals surface area (Å²) in [6.45, 7) is 3.59. The summed E-state index contributed by atoms with van der Waals surface area (Å²) < 4.78 is 9.91. The third-order valence-electron chi connectivity index (χ3n) is 2.28. The van der Waals surface area contributed by atoms with Crippen molar-refractivity contribution in [1.29, 1.82) is 0 Å². The smallest absolute Gasteiger partial charge is 0.246 e. The van der Waals surface area contributed by atoms with E-state index in [0.29, 0.717) is 19.8 Å². The first-order valence-corrected chi connectivity index (χ1v) is 5.61. The molecule has 1 aromatic carbocycles. The van der Waals surface area contributed by atoms with Crippen LogP contribution >= 0.6 is 0 Å². The number of hydrogen-bond acceptors (Lipinski definition) is 3. The van der Waals surface area contributed by atoms with Gasteiger partial charge in [0, 0.05) is 13.7 Å². The highest BCUT2D eigenvalue weighted by Gasteiger charge is 2.00. The van der Waals surface area contributed by atoms with Gasteiger partial charge >= 0.3 is 0 Å². The van der Waals surface area contributed by atoms with Gasteiger partial charge in [0.25, 0.3) is 0 Å². The van der Waals surface area contributed by atoms with E-state index >= 15 is 0 Å². The first kappa shape index (κ1) is 13.7. The fourth-order valence-electron chi connectivity index (χ4n) is 1.26. The molecular weight excluding hydrogens is 218 g/mol. The molecule has 0 aliphatic heterocycles. The highest BCUT2D eigenvalue weighted by molar-refractivity contribution is 5.77. The average molecular weight is 237 g/mol. The molecule has 0 heterocycles. The zero-order valence-corrected chi connectivity index (χ0v) is 10.4. The summed E-state index contributed by atoms with van der Waals surface area (Å²) in [5.41, 5.74) is 2.30. The fraction of sp³-hybridized carbons (Fsp3) is 0.462. The van der Waals surface area contributed by atoms with Gasteiger partial charge in [-0.3, -0.25) is 4.79 Å². The maximum Gasteiger partial charge on any atom is 0.246 e. The molecule has 0 saturated carbocycles. The van der Waals surface area contributed by atoms with E-state index in [1.54, 1.807) is 7.11 Å².